The minimum absolute atomic E-state index is 0.401. The second-order valence-corrected chi connectivity index (χ2v) is 3.78. The molecule has 0 fully saturated rings. The van der Waals surface area contributed by atoms with E-state index in [1.54, 1.807) is 6.20 Å². The van der Waals surface area contributed by atoms with Crippen LogP contribution < -0.4 is 5.56 Å². The maximum absolute atomic E-state index is 13.0. The maximum Gasteiger partial charge on any atom is 0.286 e. The third-order valence-electron chi connectivity index (χ3n) is 2.41. The van der Waals surface area contributed by atoms with Crippen LogP contribution in [0.25, 0.3) is 0 Å². The Labute approximate surface area is 93.0 Å². The first-order valence-electron chi connectivity index (χ1n) is 5.07. The van der Waals surface area contributed by atoms with Gasteiger partial charge in [0, 0.05) is 6.20 Å². The summed E-state index contributed by atoms with van der Waals surface area (Å²) in [6, 6.07) is 10.5. The molecule has 2 rings (SSSR count). The monoisotopic (exact) mass is 217 g/mol. The number of nitrogens with zero attached hydrogens (tertiary/aromatic N) is 1. The molecule has 1 heterocycles. The summed E-state index contributed by atoms with van der Waals surface area (Å²) >= 11 is 0. The zero-order valence-electron chi connectivity index (χ0n) is 8.98. The lowest BCUT2D eigenvalue weighted by Gasteiger charge is -2.06. The molecule has 2 nitrogen and oxygen atoms in total. The Balaban J connectivity index is 2.34. The van der Waals surface area contributed by atoms with E-state index in [1.807, 2.05) is 31.2 Å². The van der Waals surface area contributed by atoms with Crippen LogP contribution in [0.15, 0.2) is 47.4 Å². The normalized spacial score (nSPS) is 10.4. The highest BCUT2D eigenvalue weighted by Gasteiger charge is 2.02. The topological polar surface area (TPSA) is 22.0 Å². The summed E-state index contributed by atoms with van der Waals surface area (Å²) in [7, 11) is 0. The number of benzene rings is 1. The molecule has 0 saturated carbocycles. The molecule has 0 N–H and O–H groups in total. The number of hydrogen-bond donors (Lipinski definition) is 0. The van der Waals surface area contributed by atoms with Gasteiger partial charge in [0.15, 0.2) is 5.82 Å². The molecule has 0 saturated heterocycles. The van der Waals surface area contributed by atoms with Gasteiger partial charge in [0.25, 0.3) is 5.56 Å². The van der Waals surface area contributed by atoms with Crippen molar-refractivity contribution in [3.63, 3.8) is 0 Å². The molecular formula is C13H12FNO. The van der Waals surface area contributed by atoms with Crippen LogP contribution in [-0.2, 0) is 6.54 Å². The van der Waals surface area contributed by atoms with E-state index in [9.17, 15) is 9.18 Å². The third kappa shape index (κ3) is 2.19. The van der Waals surface area contributed by atoms with Gasteiger partial charge in [0.1, 0.15) is 0 Å². The Morgan fingerprint density at radius 2 is 2.06 bits per heavy atom. The summed E-state index contributed by atoms with van der Waals surface area (Å²) in [5.41, 5.74) is 1.54. The van der Waals surface area contributed by atoms with Gasteiger partial charge in [-0.2, -0.15) is 0 Å². The Bertz CT molecular complexity index is 560. The minimum Gasteiger partial charge on any atom is -0.309 e. The summed E-state index contributed by atoms with van der Waals surface area (Å²) in [6.45, 7) is 2.39. The summed E-state index contributed by atoms with van der Waals surface area (Å²) < 4.78 is 14.4. The number of aromatic nitrogens is 1. The third-order valence-corrected chi connectivity index (χ3v) is 2.41. The lowest BCUT2D eigenvalue weighted by molar-refractivity contribution is 0.580. The summed E-state index contributed by atoms with van der Waals surface area (Å²) in [5, 5.41) is 0. The fourth-order valence-corrected chi connectivity index (χ4v) is 1.64. The molecule has 0 amide bonds. The molecule has 3 heteroatoms. The van der Waals surface area contributed by atoms with Crippen molar-refractivity contribution in [3.8, 4) is 0 Å². The first-order chi connectivity index (χ1) is 7.66. The van der Waals surface area contributed by atoms with Crippen LogP contribution in [0.3, 0.4) is 0 Å². The molecule has 0 aliphatic heterocycles. The second kappa shape index (κ2) is 4.31. The molecule has 1 aromatic heterocycles. The van der Waals surface area contributed by atoms with E-state index in [0.717, 1.165) is 11.1 Å². The van der Waals surface area contributed by atoms with Crippen molar-refractivity contribution in [2.75, 3.05) is 0 Å². The molecule has 0 aliphatic rings. The smallest absolute Gasteiger partial charge is 0.286 e. The van der Waals surface area contributed by atoms with Crippen LogP contribution in [0.1, 0.15) is 11.1 Å². The van der Waals surface area contributed by atoms with E-state index in [1.165, 1.54) is 16.7 Å². The van der Waals surface area contributed by atoms with Gasteiger partial charge in [-0.1, -0.05) is 29.8 Å². The number of rotatable bonds is 2. The Kier molecular flexibility index (Phi) is 2.86. The van der Waals surface area contributed by atoms with E-state index in [0.29, 0.717) is 6.54 Å². The van der Waals surface area contributed by atoms with Gasteiger partial charge in [-0.3, -0.25) is 4.79 Å². The van der Waals surface area contributed by atoms with Crippen molar-refractivity contribution in [2.24, 2.45) is 0 Å². The molecular weight excluding hydrogens is 205 g/mol. The number of hydrogen-bond acceptors (Lipinski definition) is 1. The lowest BCUT2D eigenvalue weighted by atomic mass is 10.1. The van der Waals surface area contributed by atoms with Gasteiger partial charge in [-0.15, -0.1) is 0 Å². The minimum atomic E-state index is -0.713. The first-order valence-corrected chi connectivity index (χ1v) is 5.07. The van der Waals surface area contributed by atoms with Crippen LogP contribution in [-0.4, -0.2) is 4.57 Å². The fourth-order valence-electron chi connectivity index (χ4n) is 1.64. The van der Waals surface area contributed by atoms with Gasteiger partial charge in [0.05, 0.1) is 6.54 Å². The van der Waals surface area contributed by atoms with Crippen molar-refractivity contribution < 1.29 is 4.39 Å². The quantitative estimate of drug-likeness (QED) is 0.756. The number of pyridine rings is 1. The summed E-state index contributed by atoms with van der Waals surface area (Å²) in [5.74, 6) is -0.713. The molecule has 1 aromatic carbocycles. The Hall–Kier alpha value is -1.90. The van der Waals surface area contributed by atoms with Crippen molar-refractivity contribution in [3.05, 3.63) is 69.9 Å². The highest BCUT2D eigenvalue weighted by molar-refractivity contribution is 5.22. The van der Waals surface area contributed by atoms with E-state index >= 15 is 0 Å². The van der Waals surface area contributed by atoms with Gasteiger partial charge < -0.3 is 4.57 Å². The Morgan fingerprint density at radius 3 is 2.81 bits per heavy atom. The van der Waals surface area contributed by atoms with Crippen LogP contribution >= 0.6 is 0 Å². The standard InChI is InChI=1S/C13H12FNO/c1-10-4-2-5-11(8-10)9-15-7-3-6-12(14)13(15)16/h2-8H,9H2,1H3. The van der Waals surface area contributed by atoms with Gasteiger partial charge in [0.2, 0.25) is 0 Å². The first kappa shape index (κ1) is 10.6. The molecule has 82 valence electrons. The van der Waals surface area contributed by atoms with Crippen LogP contribution in [0, 0.1) is 12.7 Å². The largest absolute Gasteiger partial charge is 0.309 e. The number of aryl methyl sites for hydroxylation is 1. The molecule has 0 aliphatic carbocycles. The Morgan fingerprint density at radius 1 is 1.25 bits per heavy atom. The van der Waals surface area contributed by atoms with Crippen LogP contribution in [0.2, 0.25) is 0 Å². The average molecular weight is 217 g/mol. The van der Waals surface area contributed by atoms with E-state index in [2.05, 4.69) is 0 Å². The zero-order chi connectivity index (χ0) is 11.5. The summed E-state index contributed by atoms with van der Waals surface area (Å²) in [4.78, 5) is 11.4. The molecule has 0 unspecified atom stereocenters. The lowest BCUT2D eigenvalue weighted by Crippen LogP contribution is -2.22. The van der Waals surface area contributed by atoms with Gasteiger partial charge in [-0.05, 0) is 24.6 Å². The molecule has 16 heavy (non-hydrogen) atoms. The SMILES string of the molecule is Cc1cccc(Cn2cccc(F)c2=O)c1. The van der Waals surface area contributed by atoms with E-state index in [4.69, 9.17) is 0 Å². The van der Waals surface area contributed by atoms with Crippen molar-refractivity contribution in [2.45, 2.75) is 13.5 Å². The second-order valence-electron chi connectivity index (χ2n) is 3.78. The highest BCUT2D eigenvalue weighted by Crippen LogP contribution is 2.05. The molecule has 0 bridgehead atoms. The predicted molar refractivity (Wildman–Crippen MR) is 60.9 cm³/mol. The average Bonchev–Trinajstić information content (AvgIpc) is 2.25. The predicted octanol–water partition coefficient (Wildman–Crippen LogP) is 2.34. The zero-order valence-corrected chi connectivity index (χ0v) is 8.98. The maximum atomic E-state index is 13.0. The molecule has 0 atom stereocenters. The van der Waals surface area contributed by atoms with Crippen molar-refractivity contribution in [1.82, 2.24) is 4.57 Å². The summed E-state index contributed by atoms with van der Waals surface area (Å²) in [6.07, 6.45) is 1.59. The molecule has 2 aromatic rings. The van der Waals surface area contributed by atoms with Crippen LogP contribution in [0.4, 0.5) is 4.39 Å². The van der Waals surface area contributed by atoms with Crippen molar-refractivity contribution in [1.29, 1.82) is 0 Å². The van der Waals surface area contributed by atoms with E-state index < -0.39 is 11.4 Å². The fraction of sp³-hybridized carbons (Fsp3) is 0.154. The van der Waals surface area contributed by atoms with E-state index in [-0.39, 0.29) is 0 Å². The van der Waals surface area contributed by atoms with Crippen molar-refractivity contribution >= 4 is 0 Å². The van der Waals surface area contributed by atoms with Crippen LogP contribution in [0.5, 0.6) is 0 Å². The molecule has 0 spiro atoms. The highest BCUT2D eigenvalue weighted by atomic mass is 19.1. The number of halogens is 1. The van der Waals surface area contributed by atoms with Gasteiger partial charge >= 0.3 is 0 Å². The molecule has 0 radical (unpaired) electrons. The van der Waals surface area contributed by atoms with Gasteiger partial charge in [-0.25, -0.2) is 4.39 Å².